The third kappa shape index (κ3) is 3.18. The molecule has 0 atom stereocenters. The number of nitrogens with one attached hydrogen (secondary N) is 1. The Balaban J connectivity index is 2.26. The van der Waals surface area contributed by atoms with Crippen LogP contribution in [0.1, 0.15) is 15.9 Å². The number of amides is 1. The maximum Gasteiger partial charge on any atom is 0.260 e. The number of anilines is 1. The number of carbonyl (C=O) groups excluding carboxylic acids is 1. The summed E-state index contributed by atoms with van der Waals surface area (Å²) in [4.78, 5) is 12.1. The van der Waals surface area contributed by atoms with Gasteiger partial charge >= 0.3 is 0 Å². The van der Waals surface area contributed by atoms with Crippen molar-refractivity contribution in [1.29, 1.82) is 0 Å². The van der Waals surface area contributed by atoms with Gasteiger partial charge < -0.3 is 14.5 Å². The van der Waals surface area contributed by atoms with Gasteiger partial charge in [-0.1, -0.05) is 22.0 Å². The van der Waals surface area contributed by atoms with Gasteiger partial charge in [0.25, 0.3) is 5.91 Å². The van der Waals surface area contributed by atoms with Crippen LogP contribution in [-0.4, -0.2) is 13.0 Å². The number of ether oxygens (including phenoxy) is 1. The summed E-state index contributed by atoms with van der Waals surface area (Å²) < 4.78 is 10.9. The Morgan fingerprint density at radius 3 is 2.89 bits per heavy atom. The van der Waals surface area contributed by atoms with Gasteiger partial charge in [0.15, 0.2) is 0 Å². The lowest BCUT2D eigenvalue weighted by Gasteiger charge is -2.11. The van der Waals surface area contributed by atoms with Gasteiger partial charge in [-0.3, -0.25) is 4.79 Å². The molecule has 0 saturated heterocycles. The van der Waals surface area contributed by atoms with Crippen LogP contribution in [0.15, 0.2) is 39.4 Å². The summed E-state index contributed by atoms with van der Waals surface area (Å²) in [6, 6.07) is 7.03. The number of benzene rings is 1. The molecule has 1 aromatic carbocycles. The summed E-state index contributed by atoms with van der Waals surface area (Å²) in [5, 5.41) is 2.86. The highest BCUT2D eigenvalue weighted by Gasteiger charge is 2.15. The van der Waals surface area contributed by atoms with Crippen molar-refractivity contribution in [3.63, 3.8) is 0 Å². The van der Waals surface area contributed by atoms with Crippen molar-refractivity contribution in [1.82, 2.24) is 0 Å². The van der Waals surface area contributed by atoms with Crippen LogP contribution in [-0.2, 0) is 11.3 Å². The summed E-state index contributed by atoms with van der Waals surface area (Å²) in [6.45, 7) is 0.385. The largest absolute Gasteiger partial charge is 0.452 e. The van der Waals surface area contributed by atoms with Crippen molar-refractivity contribution >= 4 is 39.1 Å². The predicted octanol–water partition coefficient (Wildman–Crippen LogP) is 4.09. The van der Waals surface area contributed by atoms with Crippen molar-refractivity contribution in [2.75, 3.05) is 12.4 Å². The molecule has 2 aromatic rings. The lowest BCUT2D eigenvalue weighted by Crippen LogP contribution is -2.13. The molecule has 2 rings (SSSR count). The monoisotopic (exact) mass is 343 g/mol. The third-order valence-electron chi connectivity index (χ3n) is 2.52. The Labute approximate surface area is 123 Å². The Morgan fingerprint density at radius 1 is 1.47 bits per heavy atom. The molecule has 0 aliphatic rings. The first-order valence-corrected chi connectivity index (χ1v) is 6.61. The number of methoxy groups -OCH3 is 1. The minimum absolute atomic E-state index is 0.0702. The van der Waals surface area contributed by atoms with Gasteiger partial charge in [0.05, 0.1) is 18.4 Å². The van der Waals surface area contributed by atoms with E-state index < -0.39 is 0 Å². The van der Waals surface area contributed by atoms with Crippen molar-refractivity contribution < 1.29 is 13.9 Å². The normalized spacial score (nSPS) is 10.5. The number of carbonyl (C=O) groups is 1. The summed E-state index contributed by atoms with van der Waals surface area (Å²) in [5.74, 6) is -0.325. The van der Waals surface area contributed by atoms with Gasteiger partial charge in [-0.05, 0) is 29.8 Å². The summed E-state index contributed by atoms with van der Waals surface area (Å²) >= 11 is 9.20. The minimum atomic E-state index is -0.325. The molecule has 0 unspecified atom stereocenters. The fourth-order valence-corrected chi connectivity index (χ4v) is 2.29. The van der Waals surface area contributed by atoms with Gasteiger partial charge in [0, 0.05) is 22.8 Å². The van der Waals surface area contributed by atoms with Gasteiger partial charge in [-0.2, -0.15) is 0 Å². The van der Waals surface area contributed by atoms with Crippen LogP contribution in [0.4, 0.5) is 5.69 Å². The number of furan rings is 1. The second-order valence-corrected chi connectivity index (χ2v) is 4.96. The quantitative estimate of drug-likeness (QED) is 0.908. The highest BCUT2D eigenvalue weighted by molar-refractivity contribution is 9.10. The standard InChI is InChI=1S/C13H11BrClNO3/c1-18-7-9-10(14)3-2-4-11(9)16-13(17)8-5-6-19-12(8)15/h2-6H,7H2,1H3,(H,16,17). The first-order valence-electron chi connectivity index (χ1n) is 5.44. The SMILES string of the molecule is COCc1c(Br)cccc1NC(=O)c1ccoc1Cl. The van der Waals surface area contributed by atoms with Gasteiger partial charge in [0.2, 0.25) is 5.22 Å². The lowest BCUT2D eigenvalue weighted by molar-refractivity contribution is 0.102. The van der Waals surface area contributed by atoms with Crippen molar-refractivity contribution in [3.05, 3.63) is 51.3 Å². The highest BCUT2D eigenvalue weighted by Crippen LogP contribution is 2.27. The molecule has 0 spiro atoms. The fraction of sp³-hybridized carbons (Fsp3) is 0.154. The highest BCUT2D eigenvalue weighted by atomic mass is 79.9. The molecule has 4 nitrogen and oxygen atoms in total. The molecule has 6 heteroatoms. The predicted molar refractivity (Wildman–Crippen MR) is 76.5 cm³/mol. The topological polar surface area (TPSA) is 51.5 Å². The Bertz CT molecular complexity index is 597. The average molecular weight is 345 g/mol. The molecule has 0 aliphatic heterocycles. The van der Waals surface area contributed by atoms with E-state index in [1.165, 1.54) is 12.3 Å². The molecule has 100 valence electrons. The second kappa shape index (κ2) is 6.23. The van der Waals surface area contributed by atoms with Crippen molar-refractivity contribution in [2.24, 2.45) is 0 Å². The van der Waals surface area contributed by atoms with E-state index in [0.717, 1.165) is 10.0 Å². The summed E-state index contributed by atoms with van der Waals surface area (Å²) in [6.07, 6.45) is 1.37. The smallest absolute Gasteiger partial charge is 0.260 e. The molecule has 0 fully saturated rings. The molecule has 19 heavy (non-hydrogen) atoms. The molecular weight excluding hydrogens is 334 g/mol. The van der Waals surface area contributed by atoms with Crippen LogP contribution < -0.4 is 5.32 Å². The van der Waals surface area contributed by atoms with Gasteiger partial charge in [-0.15, -0.1) is 0 Å². The number of halogens is 2. The molecule has 0 radical (unpaired) electrons. The molecule has 1 amide bonds. The Morgan fingerprint density at radius 2 is 2.26 bits per heavy atom. The van der Waals surface area contributed by atoms with E-state index in [9.17, 15) is 4.79 Å². The van der Waals surface area contributed by atoms with Crippen LogP contribution in [0, 0.1) is 0 Å². The molecule has 0 aliphatic carbocycles. The van der Waals surface area contributed by atoms with E-state index in [1.807, 2.05) is 12.1 Å². The van der Waals surface area contributed by atoms with Crippen LogP contribution in [0.2, 0.25) is 5.22 Å². The van der Waals surface area contributed by atoms with E-state index in [-0.39, 0.29) is 11.1 Å². The first-order chi connectivity index (χ1) is 9.13. The fourth-order valence-electron chi connectivity index (χ4n) is 1.61. The van der Waals surface area contributed by atoms with E-state index in [0.29, 0.717) is 17.9 Å². The maximum atomic E-state index is 12.1. The second-order valence-electron chi connectivity index (χ2n) is 3.76. The minimum Gasteiger partial charge on any atom is -0.452 e. The van der Waals surface area contributed by atoms with E-state index in [4.69, 9.17) is 20.8 Å². The van der Waals surface area contributed by atoms with Crippen LogP contribution in [0.25, 0.3) is 0 Å². The summed E-state index contributed by atoms with van der Waals surface area (Å²) in [5.41, 5.74) is 1.82. The zero-order chi connectivity index (χ0) is 13.8. The number of hydrogen-bond donors (Lipinski definition) is 1. The third-order valence-corrected chi connectivity index (χ3v) is 3.55. The van der Waals surface area contributed by atoms with Crippen molar-refractivity contribution in [3.8, 4) is 0 Å². The molecule has 1 heterocycles. The molecular formula is C13H11BrClNO3. The molecule has 1 N–H and O–H groups in total. The van der Waals surface area contributed by atoms with Gasteiger partial charge in [0.1, 0.15) is 0 Å². The van der Waals surface area contributed by atoms with Crippen LogP contribution in [0.3, 0.4) is 0 Å². The Kier molecular flexibility index (Phi) is 4.63. The number of rotatable bonds is 4. The van der Waals surface area contributed by atoms with Gasteiger partial charge in [-0.25, -0.2) is 0 Å². The maximum absolute atomic E-state index is 12.1. The lowest BCUT2D eigenvalue weighted by atomic mass is 10.2. The molecule has 1 aromatic heterocycles. The number of hydrogen-bond acceptors (Lipinski definition) is 3. The van der Waals surface area contributed by atoms with E-state index in [2.05, 4.69) is 21.2 Å². The van der Waals surface area contributed by atoms with Crippen LogP contribution >= 0.6 is 27.5 Å². The zero-order valence-corrected chi connectivity index (χ0v) is 12.4. The molecule has 0 bridgehead atoms. The average Bonchev–Trinajstić information content (AvgIpc) is 2.80. The molecule has 0 saturated carbocycles. The summed E-state index contributed by atoms with van der Waals surface area (Å²) in [7, 11) is 1.60. The zero-order valence-electron chi connectivity index (χ0n) is 10.1. The van der Waals surface area contributed by atoms with E-state index in [1.54, 1.807) is 13.2 Å². The Hall–Kier alpha value is -1.30. The van der Waals surface area contributed by atoms with Crippen molar-refractivity contribution in [2.45, 2.75) is 6.61 Å². The van der Waals surface area contributed by atoms with E-state index >= 15 is 0 Å². The van der Waals surface area contributed by atoms with Crippen LogP contribution in [0.5, 0.6) is 0 Å². The first kappa shape index (κ1) is 14.1.